The van der Waals surface area contributed by atoms with E-state index >= 15 is 0 Å². The Balaban J connectivity index is 2.20. The first-order valence-corrected chi connectivity index (χ1v) is 10.0. The molecule has 0 aliphatic heterocycles. The van der Waals surface area contributed by atoms with Gasteiger partial charge >= 0.3 is 0 Å². The largest absolute Gasteiger partial charge is 0.493 e. The second-order valence-electron chi connectivity index (χ2n) is 5.95. The molecule has 0 spiro atoms. The van der Waals surface area contributed by atoms with Crippen LogP contribution in [0.15, 0.2) is 53.4 Å². The van der Waals surface area contributed by atoms with Crippen LogP contribution in [0, 0.1) is 0 Å². The van der Waals surface area contributed by atoms with Gasteiger partial charge in [0.15, 0.2) is 11.5 Å². The molecule has 7 nitrogen and oxygen atoms in total. The van der Waals surface area contributed by atoms with E-state index < -0.39 is 15.9 Å². The molecule has 0 heterocycles. The summed E-state index contributed by atoms with van der Waals surface area (Å²) >= 11 is 0. The topological polar surface area (TPSA) is 84.9 Å². The molecular formula is C20H24N2O5S. The number of anilines is 1. The second kappa shape index (κ2) is 9.38. The van der Waals surface area contributed by atoms with Crippen molar-refractivity contribution in [1.29, 1.82) is 0 Å². The minimum atomic E-state index is -3.68. The van der Waals surface area contributed by atoms with Crippen LogP contribution < -0.4 is 14.8 Å². The van der Waals surface area contributed by atoms with Crippen LogP contribution in [0.4, 0.5) is 5.69 Å². The van der Waals surface area contributed by atoms with Crippen molar-refractivity contribution in [3.8, 4) is 11.5 Å². The van der Waals surface area contributed by atoms with Crippen molar-refractivity contribution in [2.45, 2.75) is 11.8 Å². The average Bonchev–Trinajstić information content (AvgIpc) is 2.67. The van der Waals surface area contributed by atoms with E-state index in [1.165, 1.54) is 26.2 Å². The van der Waals surface area contributed by atoms with Crippen molar-refractivity contribution in [2.24, 2.45) is 0 Å². The molecule has 0 saturated heterocycles. The Morgan fingerprint density at radius 2 is 1.86 bits per heavy atom. The standard InChI is InChI=1S/C20H24N2O5S/c1-5-27-17-12-10-15(14-18(17)26-4)11-13-20(23)21-16-8-6-7-9-19(16)28(24,25)22(2)3/h6-14H,5H2,1-4H3,(H,21,23)/b13-11+. The number of carbonyl (C=O) groups is 1. The Labute approximate surface area is 165 Å². The molecule has 0 unspecified atom stereocenters. The minimum Gasteiger partial charge on any atom is -0.493 e. The van der Waals surface area contributed by atoms with E-state index in [1.807, 2.05) is 6.92 Å². The van der Waals surface area contributed by atoms with Crippen LogP contribution in [-0.4, -0.2) is 46.4 Å². The third-order valence-electron chi connectivity index (χ3n) is 3.82. The van der Waals surface area contributed by atoms with Crippen molar-refractivity contribution >= 4 is 27.7 Å². The van der Waals surface area contributed by atoms with E-state index in [-0.39, 0.29) is 10.6 Å². The zero-order valence-electron chi connectivity index (χ0n) is 16.3. The smallest absolute Gasteiger partial charge is 0.248 e. The lowest BCUT2D eigenvalue weighted by Crippen LogP contribution is -2.24. The first-order valence-electron chi connectivity index (χ1n) is 8.61. The summed E-state index contributed by atoms with van der Waals surface area (Å²) in [7, 11) is 0.742. The summed E-state index contributed by atoms with van der Waals surface area (Å²) < 4.78 is 36.6. The van der Waals surface area contributed by atoms with Gasteiger partial charge < -0.3 is 14.8 Å². The van der Waals surface area contributed by atoms with Gasteiger partial charge in [-0.2, -0.15) is 0 Å². The van der Waals surface area contributed by atoms with Crippen LogP contribution in [0.1, 0.15) is 12.5 Å². The highest BCUT2D eigenvalue weighted by atomic mass is 32.2. The van der Waals surface area contributed by atoms with Crippen molar-refractivity contribution < 1.29 is 22.7 Å². The Morgan fingerprint density at radius 3 is 2.50 bits per heavy atom. The van der Waals surface area contributed by atoms with E-state index in [0.29, 0.717) is 18.1 Å². The van der Waals surface area contributed by atoms with Crippen LogP contribution in [0.5, 0.6) is 11.5 Å². The lowest BCUT2D eigenvalue weighted by atomic mass is 10.2. The molecule has 0 aliphatic rings. The van der Waals surface area contributed by atoms with Gasteiger partial charge in [-0.3, -0.25) is 4.79 Å². The Kier molecular flexibility index (Phi) is 7.19. The number of carbonyl (C=O) groups excluding carboxylic acids is 1. The van der Waals surface area contributed by atoms with Gasteiger partial charge in [-0.1, -0.05) is 18.2 Å². The second-order valence-corrected chi connectivity index (χ2v) is 8.07. The zero-order valence-corrected chi connectivity index (χ0v) is 17.1. The van der Waals surface area contributed by atoms with E-state index in [4.69, 9.17) is 9.47 Å². The van der Waals surface area contributed by atoms with Crippen molar-refractivity contribution in [3.63, 3.8) is 0 Å². The molecule has 0 saturated carbocycles. The normalized spacial score (nSPS) is 11.6. The summed E-state index contributed by atoms with van der Waals surface area (Å²) in [4.78, 5) is 12.3. The van der Waals surface area contributed by atoms with Gasteiger partial charge in [0.25, 0.3) is 0 Å². The van der Waals surface area contributed by atoms with Gasteiger partial charge in [0.1, 0.15) is 4.90 Å². The maximum atomic E-state index is 12.4. The third-order valence-corrected chi connectivity index (χ3v) is 5.69. The molecule has 0 radical (unpaired) electrons. The van der Waals surface area contributed by atoms with Crippen LogP contribution >= 0.6 is 0 Å². The van der Waals surface area contributed by atoms with Gasteiger partial charge in [0.2, 0.25) is 15.9 Å². The molecule has 0 fully saturated rings. The highest BCUT2D eigenvalue weighted by Crippen LogP contribution is 2.28. The molecule has 0 aliphatic carbocycles. The average molecular weight is 404 g/mol. The van der Waals surface area contributed by atoms with Crippen LogP contribution in [0.3, 0.4) is 0 Å². The molecule has 0 bridgehead atoms. The Bertz CT molecular complexity index is 968. The first kappa shape index (κ1) is 21.5. The molecular weight excluding hydrogens is 380 g/mol. The van der Waals surface area contributed by atoms with E-state index in [2.05, 4.69) is 5.32 Å². The summed E-state index contributed by atoms with van der Waals surface area (Å²) in [6.07, 6.45) is 2.94. The number of hydrogen-bond acceptors (Lipinski definition) is 5. The van der Waals surface area contributed by atoms with Crippen molar-refractivity contribution in [3.05, 3.63) is 54.1 Å². The zero-order chi connectivity index (χ0) is 20.7. The predicted molar refractivity (Wildman–Crippen MR) is 109 cm³/mol. The summed E-state index contributed by atoms with van der Waals surface area (Å²) in [5.74, 6) is 0.732. The summed E-state index contributed by atoms with van der Waals surface area (Å²) in [6, 6.07) is 11.6. The maximum Gasteiger partial charge on any atom is 0.248 e. The molecule has 2 aromatic carbocycles. The summed E-state index contributed by atoms with van der Waals surface area (Å²) in [6.45, 7) is 2.40. The SMILES string of the molecule is CCOc1ccc(/C=C/C(=O)Nc2ccccc2S(=O)(=O)N(C)C)cc1OC. The van der Waals surface area contributed by atoms with Gasteiger partial charge in [0, 0.05) is 20.2 Å². The molecule has 2 rings (SSSR count). The summed E-state index contributed by atoms with van der Waals surface area (Å²) in [5.41, 5.74) is 0.958. The quantitative estimate of drug-likeness (QED) is 0.684. The van der Waals surface area contributed by atoms with Crippen molar-refractivity contribution in [1.82, 2.24) is 4.31 Å². The van der Waals surface area contributed by atoms with Gasteiger partial charge in [-0.05, 0) is 42.8 Å². The number of benzene rings is 2. The van der Waals surface area contributed by atoms with Crippen molar-refractivity contribution in [2.75, 3.05) is 33.1 Å². The number of methoxy groups -OCH3 is 1. The number of para-hydroxylation sites is 1. The molecule has 2 aromatic rings. The molecule has 1 amide bonds. The number of hydrogen-bond donors (Lipinski definition) is 1. The Morgan fingerprint density at radius 1 is 1.14 bits per heavy atom. The highest BCUT2D eigenvalue weighted by molar-refractivity contribution is 7.89. The number of ether oxygens (including phenoxy) is 2. The first-order chi connectivity index (χ1) is 13.3. The number of sulfonamides is 1. The lowest BCUT2D eigenvalue weighted by Gasteiger charge is -2.15. The molecule has 8 heteroatoms. The molecule has 28 heavy (non-hydrogen) atoms. The third kappa shape index (κ3) is 5.11. The number of nitrogens with one attached hydrogen (secondary N) is 1. The number of rotatable bonds is 8. The lowest BCUT2D eigenvalue weighted by molar-refractivity contribution is -0.111. The van der Waals surface area contributed by atoms with Crippen LogP contribution in [0.25, 0.3) is 6.08 Å². The van der Waals surface area contributed by atoms with Gasteiger partial charge in [-0.15, -0.1) is 0 Å². The summed E-state index contributed by atoms with van der Waals surface area (Å²) in [5, 5.41) is 2.61. The highest BCUT2D eigenvalue weighted by Gasteiger charge is 2.21. The molecule has 0 aromatic heterocycles. The van der Waals surface area contributed by atoms with Gasteiger partial charge in [0.05, 0.1) is 19.4 Å². The number of nitrogens with zero attached hydrogens (tertiary/aromatic N) is 1. The predicted octanol–water partition coefficient (Wildman–Crippen LogP) is 3.00. The molecule has 150 valence electrons. The fourth-order valence-corrected chi connectivity index (χ4v) is 3.44. The van der Waals surface area contributed by atoms with Gasteiger partial charge in [-0.25, -0.2) is 12.7 Å². The fraction of sp³-hybridized carbons (Fsp3) is 0.250. The molecule has 1 N–H and O–H groups in total. The number of amides is 1. The van der Waals surface area contributed by atoms with E-state index in [9.17, 15) is 13.2 Å². The monoisotopic (exact) mass is 404 g/mol. The molecule has 0 atom stereocenters. The fourth-order valence-electron chi connectivity index (χ4n) is 2.40. The Hall–Kier alpha value is -2.84. The maximum absolute atomic E-state index is 12.4. The van der Waals surface area contributed by atoms with E-state index in [1.54, 1.807) is 49.6 Å². The van der Waals surface area contributed by atoms with E-state index in [0.717, 1.165) is 9.87 Å². The minimum absolute atomic E-state index is 0.0319. The van der Waals surface area contributed by atoms with Crippen LogP contribution in [-0.2, 0) is 14.8 Å². The van der Waals surface area contributed by atoms with Crippen LogP contribution in [0.2, 0.25) is 0 Å².